The van der Waals surface area contributed by atoms with Crippen molar-refractivity contribution in [1.82, 2.24) is 0 Å². The van der Waals surface area contributed by atoms with Crippen LogP contribution in [0.25, 0.3) is 11.1 Å². The van der Waals surface area contributed by atoms with Crippen LogP contribution in [0.1, 0.15) is 56.6 Å². The molecule has 0 saturated carbocycles. The summed E-state index contributed by atoms with van der Waals surface area (Å²) in [6.07, 6.45) is 8.42. The zero-order chi connectivity index (χ0) is 22.7. The van der Waals surface area contributed by atoms with Crippen molar-refractivity contribution >= 4 is 7.82 Å². The Labute approximate surface area is 185 Å². The Hall–Kier alpha value is -1.53. The van der Waals surface area contributed by atoms with E-state index in [1.807, 2.05) is 12.1 Å². The molecule has 5 N–H and O–H groups in total. The SMILES string of the molecule is CCCCCCCc1ccc(-c2cccc(CCC(N)(CO)COP(=O)(O)O)c2)cc1. The van der Waals surface area contributed by atoms with Crippen molar-refractivity contribution in [1.29, 1.82) is 0 Å². The number of aliphatic hydroxyl groups excluding tert-OH is 1. The molecule has 0 aromatic heterocycles. The normalized spacial score (nSPS) is 13.8. The molecule has 2 aromatic rings. The average molecular weight is 450 g/mol. The third kappa shape index (κ3) is 9.65. The maximum absolute atomic E-state index is 10.9. The lowest BCUT2D eigenvalue weighted by Crippen LogP contribution is -2.48. The van der Waals surface area contributed by atoms with Gasteiger partial charge in [0.05, 0.1) is 18.8 Å². The van der Waals surface area contributed by atoms with E-state index in [4.69, 9.17) is 15.5 Å². The third-order valence-corrected chi connectivity index (χ3v) is 6.00. The number of aryl methyl sites for hydroxylation is 2. The minimum absolute atomic E-state index is 0.337. The molecule has 31 heavy (non-hydrogen) atoms. The summed E-state index contributed by atoms with van der Waals surface area (Å²) in [7, 11) is -4.63. The van der Waals surface area contributed by atoms with Crippen molar-refractivity contribution in [3.05, 3.63) is 59.7 Å². The number of aliphatic hydroxyl groups is 1. The van der Waals surface area contributed by atoms with Crippen LogP contribution in [-0.4, -0.2) is 33.6 Å². The van der Waals surface area contributed by atoms with Crippen LogP contribution in [0.4, 0.5) is 0 Å². The summed E-state index contributed by atoms with van der Waals surface area (Å²) >= 11 is 0. The second-order valence-electron chi connectivity index (χ2n) is 8.35. The molecule has 0 radical (unpaired) electrons. The molecular weight excluding hydrogens is 413 g/mol. The van der Waals surface area contributed by atoms with E-state index < -0.39 is 26.6 Å². The van der Waals surface area contributed by atoms with Crippen LogP contribution in [0.2, 0.25) is 0 Å². The number of phosphoric acid groups is 1. The van der Waals surface area contributed by atoms with Gasteiger partial charge in [-0.1, -0.05) is 81.1 Å². The van der Waals surface area contributed by atoms with Gasteiger partial charge in [-0.25, -0.2) is 4.57 Å². The molecule has 0 spiro atoms. The summed E-state index contributed by atoms with van der Waals surface area (Å²) in [4.78, 5) is 17.8. The van der Waals surface area contributed by atoms with Crippen LogP contribution in [0.3, 0.4) is 0 Å². The van der Waals surface area contributed by atoms with Gasteiger partial charge in [0.1, 0.15) is 0 Å². The maximum Gasteiger partial charge on any atom is 0.469 e. The smallest absolute Gasteiger partial charge is 0.394 e. The molecule has 0 amide bonds. The molecule has 1 atom stereocenters. The van der Waals surface area contributed by atoms with Gasteiger partial charge < -0.3 is 20.6 Å². The van der Waals surface area contributed by atoms with Gasteiger partial charge in [0.25, 0.3) is 0 Å². The highest BCUT2D eigenvalue weighted by Gasteiger charge is 2.28. The Morgan fingerprint density at radius 3 is 2.29 bits per heavy atom. The molecule has 7 heteroatoms. The molecule has 0 aliphatic heterocycles. The molecule has 6 nitrogen and oxygen atoms in total. The first-order chi connectivity index (χ1) is 14.7. The number of phosphoric ester groups is 1. The minimum Gasteiger partial charge on any atom is -0.394 e. The van der Waals surface area contributed by atoms with E-state index in [1.54, 1.807) is 0 Å². The Balaban J connectivity index is 1.94. The summed E-state index contributed by atoms with van der Waals surface area (Å²) in [5.41, 5.74) is 9.49. The molecule has 1 unspecified atom stereocenters. The first kappa shape index (κ1) is 25.7. The highest BCUT2D eigenvalue weighted by atomic mass is 31.2. The summed E-state index contributed by atoms with van der Waals surface area (Å²) in [6, 6.07) is 16.8. The van der Waals surface area contributed by atoms with Crippen molar-refractivity contribution in [3.63, 3.8) is 0 Å². The highest BCUT2D eigenvalue weighted by molar-refractivity contribution is 7.46. The summed E-state index contributed by atoms with van der Waals surface area (Å²) in [6.45, 7) is 1.40. The molecule has 0 saturated heterocycles. The lowest BCUT2D eigenvalue weighted by molar-refractivity contribution is 0.102. The number of hydrogen-bond acceptors (Lipinski definition) is 4. The lowest BCUT2D eigenvalue weighted by atomic mass is 9.92. The number of rotatable bonds is 14. The molecule has 0 fully saturated rings. The Kier molecular flexibility index (Phi) is 10.4. The van der Waals surface area contributed by atoms with E-state index in [-0.39, 0.29) is 0 Å². The Morgan fingerprint density at radius 2 is 1.65 bits per heavy atom. The molecule has 2 aromatic carbocycles. The molecule has 172 valence electrons. The monoisotopic (exact) mass is 449 g/mol. The van der Waals surface area contributed by atoms with Crippen molar-refractivity contribution in [3.8, 4) is 11.1 Å². The van der Waals surface area contributed by atoms with Crippen LogP contribution in [0.15, 0.2) is 48.5 Å². The van der Waals surface area contributed by atoms with Crippen LogP contribution >= 0.6 is 7.82 Å². The number of unbranched alkanes of at least 4 members (excludes halogenated alkanes) is 4. The van der Waals surface area contributed by atoms with E-state index >= 15 is 0 Å². The maximum atomic E-state index is 10.9. The Bertz CT molecular complexity index is 836. The first-order valence-corrected chi connectivity index (χ1v) is 12.6. The van der Waals surface area contributed by atoms with E-state index in [0.717, 1.165) is 23.1 Å². The van der Waals surface area contributed by atoms with Gasteiger partial charge >= 0.3 is 7.82 Å². The fraction of sp³-hybridized carbons (Fsp3) is 0.500. The summed E-state index contributed by atoms with van der Waals surface area (Å²) in [5.74, 6) is 0. The van der Waals surface area contributed by atoms with E-state index in [1.165, 1.54) is 37.7 Å². The summed E-state index contributed by atoms with van der Waals surface area (Å²) < 4.78 is 15.4. The van der Waals surface area contributed by atoms with Crippen LogP contribution < -0.4 is 5.73 Å². The topological polar surface area (TPSA) is 113 Å². The van der Waals surface area contributed by atoms with Gasteiger partial charge in [-0.2, -0.15) is 0 Å². The van der Waals surface area contributed by atoms with E-state index in [0.29, 0.717) is 12.8 Å². The van der Waals surface area contributed by atoms with E-state index in [9.17, 15) is 9.67 Å². The molecular formula is C24H36NO5P. The molecule has 0 aliphatic carbocycles. The zero-order valence-corrected chi connectivity index (χ0v) is 19.3. The van der Waals surface area contributed by atoms with E-state index in [2.05, 4.69) is 47.8 Å². The second kappa shape index (κ2) is 12.5. The van der Waals surface area contributed by atoms with Gasteiger partial charge in [0.15, 0.2) is 0 Å². The fourth-order valence-corrected chi connectivity index (χ4v) is 3.93. The highest BCUT2D eigenvalue weighted by Crippen LogP contribution is 2.37. The third-order valence-electron chi connectivity index (χ3n) is 5.53. The number of nitrogens with two attached hydrogens (primary N) is 1. The van der Waals surface area contributed by atoms with Gasteiger partial charge in [0.2, 0.25) is 0 Å². The lowest BCUT2D eigenvalue weighted by Gasteiger charge is -2.27. The predicted molar refractivity (Wildman–Crippen MR) is 125 cm³/mol. The summed E-state index contributed by atoms with van der Waals surface area (Å²) in [5, 5.41) is 9.56. The van der Waals surface area contributed by atoms with Gasteiger partial charge in [-0.15, -0.1) is 0 Å². The first-order valence-electron chi connectivity index (χ1n) is 11.0. The van der Waals surface area contributed by atoms with Crippen molar-refractivity contribution < 1.29 is 24.0 Å². The van der Waals surface area contributed by atoms with Crippen molar-refractivity contribution in [2.24, 2.45) is 5.73 Å². The number of hydrogen-bond donors (Lipinski definition) is 4. The molecule has 0 heterocycles. The van der Waals surface area contributed by atoms with Gasteiger partial charge in [0, 0.05) is 0 Å². The standard InChI is InChI=1S/C24H36NO5P/c1-2-3-4-5-6-8-20-11-13-22(14-12-20)23-10-7-9-21(17-23)15-16-24(25,18-26)19-30-31(27,28)29/h7,9-14,17,26H,2-6,8,15-16,18-19,25H2,1H3,(H2,27,28,29). The fourth-order valence-electron chi connectivity index (χ4n) is 3.51. The van der Waals surface area contributed by atoms with Gasteiger partial charge in [-0.3, -0.25) is 4.52 Å². The average Bonchev–Trinajstić information content (AvgIpc) is 2.76. The van der Waals surface area contributed by atoms with Crippen molar-refractivity contribution in [2.45, 2.75) is 63.8 Å². The second-order valence-corrected chi connectivity index (χ2v) is 9.59. The minimum atomic E-state index is -4.63. The molecule has 0 aliphatic rings. The predicted octanol–water partition coefficient (Wildman–Crippen LogP) is 4.60. The van der Waals surface area contributed by atoms with Crippen LogP contribution in [0.5, 0.6) is 0 Å². The zero-order valence-electron chi connectivity index (χ0n) is 18.4. The molecule has 2 rings (SSSR count). The molecule has 0 bridgehead atoms. The van der Waals surface area contributed by atoms with Crippen LogP contribution in [0, 0.1) is 0 Å². The number of benzene rings is 2. The van der Waals surface area contributed by atoms with Gasteiger partial charge in [-0.05, 0) is 47.9 Å². The Morgan fingerprint density at radius 1 is 0.935 bits per heavy atom. The van der Waals surface area contributed by atoms with Crippen LogP contribution in [-0.2, 0) is 21.9 Å². The van der Waals surface area contributed by atoms with Crippen molar-refractivity contribution in [2.75, 3.05) is 13.2 Å². The quantitative estimate of drug-likeness (QED) is 0.248. The largest absolute Gasteiger partial charge is 0.469 e.